The van der Waals surface area contributed by atoms with Gasteiger partial charge in [0, 0.05) is 29.4 Å². The Morgan fingerprint density at radius 3 is 2.23 bits per heavy atom. The standard InChI is InChI=1S/C24H15N5O6/c30-24(16-11-19(28(31)32)14-20(12-16)29(33)34)25-17-5-7-18(8-6-17)27-10-9-21(26-27)23-13-15-3-1-2-4-22(15)35-23/h1-14H,(H,25,30). The number of hydrogen-bond acceptors (Lipinski definition) is 7. The summed E-state index contributed by atoms with van der Waals surface area (Å²) in [5.41, 5.74) is 1.26. The van der Waals surface area contributed by atoms with Gasteiger partial charge in [-0.1, -0.05) is 18.2 Å². The van der Waals surface area contributed by atoms with E-state index in [9.17, 15) is 25.0 Å². The highest BCUT2D eigenvalue weighted by molar-refractivity contribution is 6.05. The fourth-order valence-corrected chi connectivity index (χ4v) is 3.55. The zero-order valence-electron chi connectivity index (χ0n) is 17.8. The second kappa shape index (κ2) is 8.56. The molecule has 0 bridgehead atoms. The summed E-state index contributed by atoms with van der Waals surface area (Å²) in [4.78, 5) is 33.1. The number of benzene rings is 3. The van der Waals surface area contributed by atoms with Gasteiger partial charge in [0.2, 0.25) is 0 Å². The Bertz CT molecular complexity index is 1540. The summed E-state index contributed by atoms with van der Waals surface area (Å²) in [5.74, 6) is -0.0734. The van der Waals surface area contributed by atoms with E-state index in [4.69, 9.17) is 4.42 Å². The Kier molecular flexibility index (Phi) is 5.26. The number of para-hydroxylation sites is 1. The van der Waals surface area contributed by atoms with E-state index < -0.39 is 27.1 Å². The van der Waals surface area contributed by atoms with Crippen molar-refractivity contribution >= 4 is 33.9 Å². The minimum atomic E-state index is -0.789. The number of furan rings is 1. The van der Waals surface area contributed by atoms with Gasteiger partial charge in [0.15, 0.2) is 5.76 Å². The zero-order valence-corrected chi connectivity index (χ0v) is 17.8. The highest BCUT2D eigenvalue weighted by Crippen LogP contribution is 2.27. The molecule has 35 heavy (non-hydrogen) atoms. The van der Waals surface area contributed by atoms with Gasteiger partial charge in [-0.15, -0.1) is 0 Å². The van der Waals surface area contributed by atoms with Crippen LogP contribution in [0.1, 0.15) is 10.4 Å². The number of amides is 1. The summed E-state index contributed by atoms with van der Waals surface area (Å²) in [5, 5.41) is 30.2. The molecule has 3 aromatic carbocycles. The van der Waals surface area contributed by atoms with Crippen molar-refractivity contribution < 1.29 is 19.1 Å². The third-order valence-electron chi connectivity index (χ3n) is 5.24. The van der Waals surface area contributed by atoms with Crippen LogP contribution in [0.25, 0.3) is 28.1 Å². The second-order valence-electron chi connectivity index (χ2n) is 7.55. The maximum absolute atomic E-state index is 12.6. The van der Waals surface area contributed by atoms with Crippen LogP contribution in [-0.2, 0) is 0 Å². The molecule has 0 spiro atoms. The van der Waals surface area contributed by atoms with Gasteiger partial charge in [0.1, 0.15) is 11.3 Å². The molecule has 172 valence electrons. The molecule has 0 unspecified atom stereocenters. The van der Waals surface area contributed by atoms with Gasteiger partial charge in [0.05, 0.1) is 27.2 Å². The molecule has 1 N–H and O–H groups in total. The van der Waals surface area contributed by atoms with Crippen molar-refractivity contribution in [3.8, 4) is 17.1 Å². The highest BCUT2D eigenvalue weighted by atomic mass is 16.6. The molecular formula is C24H15N5O6. The highest BCUT2D eigenvalue weighted by Gasteiger charge is 2.20. The van der Waals surface area contributed by atoms with E-state index >= 15 is 0 Å². The number of nitrogens with one attached hydrogen (secondary N) is 1. The van der Waals surface area contributed by atoms with Crippen LogP contribution >= 0.6 is 0 Å². The number of carbonyl (C=O) groups excluding carboxylic acids is 1. The van der Waals surface area contributed by atoms with Gasteiger partial charge in [-0.3, -0.25) is 25.0 Å². The maximum atomic E-state index is 12.6. The number of nitro groups is 2. The van der Waals surface area contributed by atoms with E-state index in [0.29, 0.717) is 17.1 Å². The first-order valence-corrected chi connectivity index (χ1v) is 10.3. The number of rotatable bonds is 6. The van der Waals surface area contributed by atoms with Crippen LogP contribution in [0.2, 0.25) is 0 Å². The lowest BCUT2D eigenvalue weighted by Gasteiger charge is -2.07. The smallest absolute Gasteiger partial charge is 0.277 e. The molecule has 0 aliphatic carbocycles. The van der Waals surface area contributed by atoms with Crippen LogP contribution in [0.4, 0.5) is 17.1 Å². The molecule has 2 aromatic heterocycles. The molecule has 11 nitrogen and oxygen atoms in total. The fourth-order valence-electron chi connectivity index (χ4n) is 3.55. The van der Waals surface area contributed by atoms with Crippen molar-refractivity contribution in [3.05, 3.63) is 111 Å². The van der Waals surface area contributed by atoms with Gasteiger partial charge in [-0.25, -0.2) is 4.68 Å². The van der Waals surface area contributed by atoms with Crippen LogP contribution in [0, 0.1) is 20.2 Å². The summed E-state index contributed by atoms with van der Waals surface area (Å²) in [6, 6.07) is 20.9. The van der Waals surface area contributed by atoms with Gasteiger partial charge >= 0.3 is 0 Å². The fraction of sp³-hybridized carbons (Fsp3) is 0. The topological polar surface area (TPSA) is 146 Å². The summed E-state index contributed by atoms with van der Waals surface area (Å²) in [6.07, 6.45) is 1.78. The monoisotopic (exact) mass is 469 g/mol. The number of anilines is 1. The number of aromatic nitrogens is 2. The molecule has 0 fully saturated rings. The lowest BCUT2D eigenvalue weighted by Crippen LogP contribution is -2.12. The number of fused-ring (bicyclic) bond motifs is 1. The number of nitrogens with zero attached hydrogens (tertiary/aromatic N) is 4. The number of hydrogen-bond donors (Lipinski definition) is 1. The molecule has 1 amide bonds. The van der Waals surface area contributed by atoms with Crippen molar-refractivity contribution in [1.82, 2.24) is 9.78 Å². The molecule has 0 aliphatic heterocycles. The van der Waals surface area contributed by atoms with E-state index in [1.165, 1.54) is 0 Å². The summed E-state index contributed by atoms with van der Waals surface area (Å²) >= 11 is 0. The summed E-state index contributed by atoms with van der Waals surface area (Å²) < 4.78 is 7.50. The predicted molar refractivity (Wildman–Crippen MR) is 126 cm³/mol. The van der Waals surface area contributed by atoms with E-state index in [1.54, 1.807) is 35.1 Å². The normalized spacial score (nSPS) is 10.9. The number of non-ortho nitro benzene ring substituents is 2. The van der Waals surface area contributed by atoms with Crippen molar-refractivity contribution in [2.24, 2.45) is 0 Å². The molecule has 0 radical (unpaired) electrons. The van der Waals surface area contributed by atoms with Gasteiger partial charge < -0.3 is 9.73 Å². The average molecular weight is 469 g/mol. The van der Waals surface area contributed by atoms with Crippen LogP contribution in [0.5, 0.6) is 0 Å². The van der Waals surface area contributed by atoms with Gasteiger partial charge in [0.25, 0.3) is 17.3 Å². The first-order chi connectivity index (χ1) is 16.9. The zero-order chi connectivity index (χ0) is 24.5. The van der Waals surface area contributed by atoms with Crippen LogP contribution in [-0.4, -0.2) is 25.5 Å². The largest absolute Gasteiger partial charge is 0.454 e. The van der Waals surface area contributed by atoms with E-state index in [1.807, 2.05) is 36.4 Å². The lowest BCUT2D eigenvalue weighted by atomic mass is 10.1. The predicted octanol–water partition coefficient (Wildman–Crippen LogP) is 5.35. The van der Waals surface area contributed by atoms with Crippen molar-refractivity contribution in [3.63, 3.8) is 0 Å². The SMILES string of the molecule is O=C(Nc1ccc(-n2ccc(-c3cc4ccccc4o3)n2)cc1)c1cc([N+](=O)[O-])cc([N+](=O)[O-])c1. The average Bonchev–Trinajstić information content (AvgIpc) is 3.51. The van der Waals surface area contributed by atoms with E-state index in [0.717, 1.165) is 34.9 Å². The second-order valence-corrected chi connectivity index (χ2v) is 7.55. The van der Waals surface area contributed by atoms with Crippen LogP contribution in [0.15, 0.2) is 89.5 Å². The Hall–Kier alpha value is -5.32. The van der Waals surface area contributed by atoms with Crippen LogP contribution in [0.3, 0.4) is 0 Å². The molecule has 0 atom stereocenters. The molecule has 0 aliphatic rings. The van der Waals surface area contributed by atoms with Crippen LogP contribution < -0.4 is 5.32 Å². The maximum Gasteiger partial charge on any atom is 0.277 e. The van der Waals surface area contributed by atoms with Gasteiger partial charge in [-0.05, 0) is 42.5 Å². The minimum Gasteiger partial charge on any atom is -0.454 e. The quantitative estimate of drug-likeness (QED) is 0.260. The van der Waals surface area contributed by atoms with Gasteiger partial charge in [-0.2, -0.15) is 5.10 Å². The Morgan fingerprint density at radius 2 is 1.57 bits per heavy atom. The van der Waals surface area contributed by atoms with Crippen molar-refractivity contribution in [2.45, 2.75) is 0 Å². The molecule has 5 aromatic rings. The third kappa shape index (κ3) is 4.33. The van der Waals surface area contributed by atoms with Crippen molar-refractivity contribution in [2.75, 3.05) is 5.32 Å². The molecular weight excluding hydrogens is 454 g/mol. The minimum absolute atomic E-state index is 0.197. The summed E-state index contributed by atoms with van der Waals surface area (Å²) in [6.45, 7) is 0. The lowest BCUT2D eigenvalue weighted by molar-refractivity contribution is -0.394. The number of carbonyl (C=O) groups is 1. The first-order valence-electron chi connectivity index (χ1n) is 10.3. The summed E-state index contributed by atoms with van der Waals surface area (Å²) in [7, 11) is 0. The third-order valence-corrected chi connectivity index (χ3v) is 5.24. The molecule has 11 heteroatoms. The Labute approximate surface area is 196 Å². The molecule has 0 saturated heterocycles. The Morgan fingerprint density at radius 1 is 0.886 bits per heavy atom. The van der Waals surface area contributed by atoms with E-state index in [-0.39, 0.29) is 5.56 Å². The molecule has 2 heterocycles. The number of nitro benzene ring substituents is 2. The van der Waals surface area contributed by atoms with Crippen molar-refractivity contribution in [1.29, 1.82) is 0 Å². The first kappa shape index (κ1) is 21.5. The molecule has 0 saturated carbocycles. The van der Waals surface area contributed by atoms with E-state index in [2.05, 4.69) is 10.4 Å². The Balaban J connectivity index is 1.34. The molecule has 5 rings (SSSR count).